The molecule has 346 valence electrons. The van der Waals surface area contributed by atoms with E-state index in [0.717, 1.165) is 22.5 Å². The molecule has 5 aromatic rings. The van der Waals surface area contributed by atoms with E-state index in [4.69, 9.17) is 28.5 Å². The first-order chi connectivity index (χ1) is 31.2. The van der Waals surface area contributed by atoms with Crippen LogP contribution in [0, 0.1) is 5.92 Å². The van der Waals surface area contributed by atoms with E-state index in [1.807, 2.05) is 60.7 Å². The van der Waals surface area contributed by atoms with Crippen molar-refractivity contribution in [2.45, 2.75) is 97.9 Å². The molecule has 1 aliphatic heterocycles. The molecule has 2 atom stereocenters. The SMILES string of the molecule is CC(C)(C)OC(=O)Nc1nc(/C(=N/OC(C)(C)C(=O)OC(C)(C)C)C(=O)C[C@@H]2C(=O)N[C@@H]2COC(=O)c2ccnc(-c3ccc(OCc4ccccc4)c(OCc4ccccc4)n3)n2)cs1. The monoisotopic (exact) mass is 921 g/mol. The van der Waals surface area contributed by atoms with Crippen molar-refractivity contribution in [3.8, 4) is 23.1 Å². The molecule has 2 N–H and O–H groups in total. The molecule has 1 aliphatic rings. The summed E-state index contributed by atoms with van der Waals surface area (Å²) in [6, 6.07) is 23.2. The molecule has 0 radical (unpaired) electrons. The smallest absolute Gasteiger partial charge is 0.413 e. The number of anilines is 1. The minimum Gasteiger partial charge on any atom is -0.483 e. The normalized spacial score (nSPS) is 15.1. The second kappa shape index (κ2) is 20.7. The van der Waals surface area contributed by atoms with Gasteiger partial charge in [0.05, 0.1) is 12.0 Å². The Hall–Kier alpha value is -7.28. The van der Waals surface area contributed by atoms with Gasteiger partial charge in [-0.25, -0.2) is 34.3 Å². The molecule has 4 heterocycles. The summed E-state index contributed by atoms with van der Waals surface area (Å²) in [5.41, 5.74) is -1.53. The predicted molar refractivity (Wildman–Crippen MR) is 242 cm³/mol. The van der Waals surface area contributed by atoms with Gasteiger partial charge in [-0.05, 0) is 84.7 Å². The van der Waals surface area contributed by atoms with Gasteiger partial charge in [0, 0.05) is 18.0 Å². The van der Waals surface area contributed by atoms with Crippen LogP contribution in [0.1, 0.15) is 89.1 Å². The van der Waals surface area contributed by atoms with E-state index in [9.17, 15) is 24.0 Å². The number of β-lactam (4-membered cyclic amide) rings is 1. The number of carbonyl (C=O) groups excluding carboxylic acids is 5. The van der Waals surface area contributed by atoms with Crippen LogP contribution in [-0.4, -0.2) is 84.8 Å². The summed E-state index contributed by atoms with van der Waals surface area (Å²) in [5.74, 6) is -2.97. The van der Waals surface area contributed by atoms with Gasteiger partial charge in [0.1, 0.15) is 42.4 Å². The van der Waals surface area contributed by atoms with E-state index in [1.54, 1.807) is 53.7 Å². The van der Waals surface area contributed by atoms with Crippen molar-refractivity contribution in [2.75, 3.05) is 11.9 Å². The second-order valence-electron chi connectivity index (χ2n) is 17.5. The van der Waals surface area contributed by atoms with Gasteiger partial charge in [-0.15, -0.1) is 11.3 Å². The molecule has 0 aliphatic carbocycles. The van der Waals surface area contributed by atoms with E-state index < -0.39 is 64.9 Å². The summed E-state index contributed by atoms with van der Waals surface area (Å²) in [4.78, 5) is 88.9. The number of hydrogen-bond donors (Lipinski definition) is 2. The Bertz CT molecular complexity index is 2570. The van der Waals surface area contributed by atoms with Gasteiger partial charge in [0.2, 0.25) is 11.5 Å². The maximum Gasteiger partial charge on any atom is 0.413 e. The lowest BCUT2D eigenvalue weighted by atomic mass is 9.85. The topological polar surface area (TPSA) is 229 Å². The van der Waals surface area contributed by atoms with E-state index >= 15 is 0 Å². The Morgan fingerprint density at radius 2 is 1.42 bits per heavy atom. The third-order valence-electron chi connectivity index (χ3n) is 9.20. The highest BCUT2D eigenvalue weighted by Gasteiger charge is 2.43. The zero-order chi connectivity index (χ0) is 47.6. The van der Waals surface area contributed by atoms with Crippen LogP contribution in [0.25, 0.3) is 11.5 Å². The molecule has 6 rings (SSSR count). The molecule has 3 aromatic heterocycles. The average Bonchev–Trinajstić information content (AvgIpc) is 3.72. The molecule has 1 saturated heterocycles. The van der Waals surface area contributed by atoms with E-state index in [2.05, 4.69) is 35.7 Å². The zero-order valence-electron chi connectivity index (χ0n) is 37.8. The number of oxime groups is 1. The first kappa shape index (κ1) is 48.2. The lowest BCUT2D eigenvalue weighted by Gasteiger charge is -2.35. The van der Waals surface area contributed by atoms with Crippen molar-refractivity contribution in [2.24, 2.45) is 11.1 Å². The molecule has 2 aromatic carbocycles. The first-order valence-electron chi connectivity index (χ1n) is 20.9. The van der Waals surface area contributed by atoms with Crippen molar-refractivity contribution < 1.29 is 52.5 Å². The summed E-state index contributed by atoms with van der Waals surface area (Å²) in [5, 5.41) is 10.8. The van der Waals surface area contributed by atoms with Crippen LogP contribution in [0.4, 0.5) is 9.93 Å². The van der Waals surface area contributed by atoms with Gasteiger partial charge in [0.25, 0.3) is 5.88 Å². The zero-order valence-corrected chi connectivity index (χ0v) is 38.6. The van der Waals surface area contributed by atoms with Crippen LogP contribution < -0.4 is 20.1 Å². The number of pyridine rings is 1. The fourth-order valence-corrected chi connectivity index (χ4v) is 6.58. The first-order valence-corrected chi connectivity index (χ1v) is 21.7. The summed E-state index contributed by atoms with van der Waals surface area (Å²) in [7, 11) is 0. The number of amides is 2. The van der Waals surface area contributed by atoms with E-state index in [1.165, 1.54) is 31.5 Å². The van der Waals surface area contributed by atoms with Crippen molar-refractivity contribution in [1.29, 1.82) is 0 Å². The quantitative estimate of drug-likeness (QED) is 0.0289. The van der Waals surface area contributed by atoms with Gasteiger partial charge in [-0.2, -0.15) is 0 Å². The van der Waals surface area contributed by atoms with Crippen LogP contribution in [0.3, 0.4) is 0 Å². The van der Waals surface area contributed by atoms with E-state index in [0.29, 0.717) is 11.4 Å². The third kappa shape index (κ3) is 13.6. The molecule has 0 bridgehead atoms. The molecule has 2 amide bonds. The highest BCUT2D eigenvalue weighted by atomic mass is 32.1. The number of carbonyl (C=O) groups is 5. The molecule has 66 heavy (non-hydrogen) atoms. The fraction of sp³-hybridized carbons (Fsp3) is 0.362. The number of hydrogen-bond acceptors (Lipinski definition) is 17. The number of nitrogens with one attached hydrogen (secondary N) is 2. The van der Waals surface area contributed by atoms with Crippen molar-refractivity contribution >= 4 is 51.9 Å². The Balaban J connectivity index is 1.14. The van der Waals surface area contributed by atoms with Gasteiger partial charge in [-0.1, -0.05) is 65.8 Å². The predicted octanol–water partition coefficient (Wildman–Crippen LogP) is 7.27. The van der Waals surface area contributed by atoms with Gasteiger partial charge >= 0.3 is 18.0 Å². The van der Waals surface area contributed by atoms with Crippen molar-refractivity contribution in [3.63, 3.8) is 0 Å². The number of benzene rings is 2. The van der Waals surface area contributed by atoms with Crippen LogP contribution in [-0.2, 0) is 46.6 Å². The van der Waals surface area contributed by atoms with Crippen LogP contribution >= 0.6 is 11.3 Å². The summed E-state index contributed by atoms with van der Waals surface area (Å²) >= 11 is 0.983. The van der Waals surface area contributed by atoms with Crippen molar-refractivity contribution in [3.05, 3.63) is 113 Å². The number of ether oxygens (including phenoxy) is 5. The lowest BCUT2D eigenvalue weighted by molar-refractivity contribution is -0.179. The minimum absolute atomic E-state index is 0.00274. The standard InChI is InChI=1S/C47H51N7O11S/c1-45(2,3)63-42(58)47(7,8)65-54-37(34-27-66-43(52-34)53-44(59)64-46(4,5)6)35(55)23-30-33(50-39(30)56)26-62-41(57)32-21-22-48-38(49-32)31-19-20-36(60-24-28-15-11-9-12-16-28)40(51-31)61-25-29-17-13-10-14-18-29/h9-22,27,30,33H,23-26H2,1-8H3,(H,50,56)(H,52,53,59)/b54-37-/t30-,33+/m0/s1. The van der Waals surface area contributed by atoms with Crippen LogP contribution in [0.15, 0.2) is 95.6 Å². The van der Waals surface area contributed by atoms with Gasteiger partial charge in [0.15, 0.2) is 33.9 Å². The van der Waals surface area contributed by atoms with Gasteiger partial charge < -0.3 is 33.8 Å². The molecule has 0 spiro atoms. The number of rotatable bonds is 18. The summed E-state index contributed by atoms with van der Waals surface area (Å²) in [6.07, 6.45) is 0.210. The number of ketones is 1. The molecule has 19 heteroatoms. The van der Waals surface area contributed by atoms with E-state index in [-0.39, 0.29) is 53.8 Å². The highest BCUT2D eigenvalue weighted by Crippen LogP contribution is 2.30. The largest absolute Gasteiger partial charge is 0.483 e. The minimum atomic E-state index is -1.65. The number of Topliss-reactive ketones (excluding diaryl/α,β-unsaturated/α-hetero) is 1. The molecule has 0 unspecified atom stereocenters. The third-order valence-corrected chi connectivity index (χ3v) is 9.96. The Labute approximate surface area is 385 Å². The second-order valence-corrected chi connectivity index (χ2v) is 18.3. The average molecular weight is 922 g/mol. The summed E-state index contributed by atoms with van der Waals surface area (Å²) in [6.45, 7) is 13.2. The van der Waals surface area contributed by atoms with Crippen molar-refractivity contribution in [1.82, 2.24) is 25.3 Å². The Kier molecular flexibility index (Phi) is 15.1. The maximum absolute atomic E-state index is 14.0. The lowest BCUT2D eigenvalue weighted by Crippen LogP contribution is -2.61. The number of esters is 2. The van der Waals surface area contributed by atoms with Crippen LogP contribution in [0.5, 0.6) is 11.6 Å². The molecule has 1 fully saturated rings. The molecule has 0 saturated carbocycles. The molecular formula is C47H51N7O11S. The Morgan fingerprint density at radius 3 is 2.06 bits per heavy atom. The summed E-state index contributed by atoms with van der Waals surface area (Å²) < 4.78 is 28.5. The number of aromatic nitrogens is 4. The fourth-order valence-electron chi connectivity index (χ4n) is 5.90. The number of nitrogens with zero attached hydrogens (tertiary/aromatic N) is 5. The van der Waals surface area contributed by atoms with Gasteiger partial charge in [-0.3, -0.25) is 14.9 Å². The maximum atomic E-state index is 14.0. The highest BCUT2D eigenvalue weighted by molar-refractivity contribution is 7.14. The Morgan fingerprint density at radius 1 is 0.773 bits per heavy atom. The van der Waals surface area contributed by atoms with Crippen LogP contribution in [0.2, 0.25) is 0 Å². The number of thiazole rings is 1. The molecule has 18 nitrogen and oxygen atoms in total. The molecular weight excluding hydrogens is 871 g/mol.